The standard InChI is InChI=1S/C24H24O3/c1-2-3-5-14-20-15-8-10-17-22(20)26-24(25)27-23-18-11-9-16-21(23)19-12-6-4-7-13-19/h4,6-13,15-18H,2-3,5,14H2,1H3. The third kappa shape index (κ3) is 5.20. The number of ether oxygens (including phenoxy) is 2. The molecule has 0 saturated carbocycles. The number of aryl methyl sites for hydroxylation is 1. The quantitative estimate of drug-likeness (QED) is 0.268. The average molecular weight is 360 g/mol. The lowest BCUT2D eigenvalue weighted by atomic mass is 10.1. The molecule has 3 aromatic carbocycles. The Morgan fingerprint density at radius 1 is 0.741 bits per heavy atom. The van der Waals surface area contributed by atoms with Gasteiger partial charge in [-0.15, -0.1) is 0 Å². The molecule has 0 saturated heterocycles. The molecule has 0 N–H and O–H groups in total. The Morgan fingerprint density at radius 3 is 2.15 bits per heavy atom. The van der Waals surface area contributed by atoms with Crippen LogP contribution in [0.1, 0.15) is 31.7 Å². The second-order valence-electron chi connectivity index (χ2n) is 6.38. The van der Waals surface area contributed by atoms with Crippen LogP contribution in [0, 0.1) is 0 Å². The van der Waals surface area contributed by atoms with E-state index in [1.807, 2.05) is 72.8 Å². The van der Waals surface area contributed by atoms with Crippen LogP contribution in [0.5, 0.6) is 11.5 Å². The summed E-state index contributed by atoms with van der Waals surface area (Å²) in [6.07, 6.45) is 3.55. The molecule has 0 heterocycles. The van der Waals surface area contributed by atoms with Gasteiger partial charge in [-0.3, -0.25) is 0 Å². The maximum Gasteiger partial charge on any atom is 0.519 e. The van der Waals surface area contributed by atoms with E-state index in [2.05, 4.69) is 6.92 Å². The molecule has 0 radical (unpaired) electrons. The molecule has 3 nitrogen and oxygen atoms in total. The molecule has 0 bridgehead atoms. The first-order valence-electron chi connectivity index (χ1n) is 9.40. The van der Waals surface area contributed by atoms with E-state index in [4.69, 9.17) is 9.47 Å². The third-order valence-corrected chi connectivity index (χ3v) is 4.38. The molecule has 0 aliphatic rings. The molecule has 0 aliphatic carbocycles. The summed E-state index contributed by atoms with van der Waals surface area (Å²) in [7, 11) is 0. The van der Waals surface area contributed by atoms with Crippen LogP contribution in [0.3, 0.4) is 0 Å². The minimum Gasteiger partial charge on any atom is -0.394 e. The molecule has 3 rings (SSSR count). The average Bonchev–Trinajstić information content (AvgIpc) is 2.70. The Kier molecular flexibility index (Phi) is 6.64. The van der Waals surface area contributed by atoms with Crippen molar-refractivity contribution in [3.05, 3.63) is 84.4 Å². The molecule has 3 heteroatoms. The van der Waals surface area contributed by atoms with Crippen LogP contribution in [-0.4, -0.2) is 6.16 Å². The molecule has 27 heavy (non-hydrogen) atoms. The van der Waals surface area contributed by atoms with Crippen LogP contribution in [0.15, 0.2) is 78.9 Å². The molecule has 0 spiro atoms. The predicted molar refractivity (Wildman–Crippen MR) is 108 cm³/mol. The summed E-state index contributed by atoms with van der Waals surface area (Å²) in [6, 6.07) is 24.9. The van der Waals surface area contributed by atoms with Crippen molar-refractivity contribution in [1.29, 1.82) is 0 Å². The van der Waals surface area contributed by atoms with Crippen molar-refractivity contribution in [2.45, 2.75) is 32.6 Å². The molecule has 0 aliphatic heterocycles. The predicted octanol–water partition coefficient (Wildman–Crippen LogP) is 6.66. The van der Waals surface area contributed by atoms with Crippen molar-refractivity contribution >= 4 is 6.16 Å². The Labute approximate surface area is 160 Å². The minimum atomic E-state index is -0.721. The fourth-order valence-corrected chi connectivity index (χ4v) is 2.99. The van der Waals surface area contributed by atoms with Gasteiger partial charge in [0.1, 0.15) is 11.5 Å². The van der Waals surface area contributed by atoms with E-state index >= 15 is 0 Å². The molecular formula is C24H24O3. The first kappa shape index (κ1) is 18.7. The topological polar surface area (TPSA) is 35.5 Å². The summed E-state index contributed by atoms with van der Waals surface area (Å²) in [5, 5.41) is 0. The van der Waals surface area contributed by atoms with Crippen LogP contribution >= 0.6 is 0 Å². The van der Waals surface area contributed by atoms with Gasteiger partial charge in [0, 0.05) is 5.56 Å². The van der Waals surface area contributed by atoms with Gasteiger partial charge in [-0.2, -0.15) is 0 Å². The van der Waals surface area contributed by atoms with Gasteiger partial charge >= 0.3 is 6.16 Å². The zero-order valence-corrected chi connectivity index (χ0v) is 15.6. The highest BCUT2D eigenvalue weighted by Crippen LogP contribution is 2.30. The monoisotopic (exact) mass is 360 g/mol. The molecule has 0 unspecified atom stereocenters. The fraction of sp³-hybridized carbons (Fsp3) is 0.208. The van der Waals surface area contributed by atoms with Gasteiger partial charge in [0.15, 0.2) is 0 Å². The number of carbonyl (C=O) groups is 1. The van der Waals surface area contributed by atoms with Crippen LogP contribution < -0.4 is 9.47 Å². The number of benzene rings is 3. The molecule has 0 fully saturated rings. The van der Waals surface area contributed by atoms with Gasteiger partial charge in [-0.25, -0.2) is 4.79 Å². The first-order valence-corrected chi connectivity index (χ1v) is 9.40. The van der Waals surface area contributed by atoms with Gasteiger partial charge < -0.3 is 9.47 Å². The minimum absolute atomic E-state index is 0.483. The highest BCUT2D eigenvalue weighted by molar-refractivity contribution is 5.75. The van der Waals surface area contributed by atoms with E-state index in [1.54, 1.807) is 6.07 Å². The van der Waals surface area contributed by atoms with E-state index in [0.717, 1.165) is 42.4 Å². The maximum absolute atomic E-state index is 12.4. The van der Waals surface area contributed by atoms with Crippen molar-refractivity contribution < 1.29 is 14.3 Å². The van der Waals surface area contributed by atoms with E-state index in [9.17, 15) is 4.79 Å². The molecule has 0 atom stereocenters. The Hall–Kier alpha value is -3.07. The normalized spacial score (nSPS) is 10.4. The van der Waals surface area contributed by atoms with Crippen molar-refractivity contribution in [1.82, 2.24) is 0 Å². The third-order valence-electron chi connectivity index (χ3n) is 4.38. The van der Waals surface area contributed by atoms with Crippen LogP contribution in [0.25, 0.3) is 11.1 Å². The number of unbranched alkanes of at least 4 members (excludes halogenated alkanes) is 2. The molecule has 0 aromatic heterocycles. The van der Waals surface area contributed by atoms with Crippen LogP contribution in [0.2, 0.25) is 0 Å². The SMILES string of the molecule is CCCCCc1ccccc1OC(=O)Oc1ccccc1-c1ccccc1. The zero-order valence-electron chi connectivity index (χ0n) is 15.6. The van der Waals surface area contributed by atoms with Gasteiger partial charge in [-0.1, -0.05) is 86.5 Å². The van der Waals surface area contributed by atoms with E-state index in [0.29, 0.717) is 11.5 Å². The lowest BCUT2D eigenvalue weighted by Gasteiger charge is -2.12. The van der Waals surface area contributed by atoms with Gasteiger partial charge in [0.2, 0.25) is 0 Å². The number of hydrogen-bond donors (Lipinski definition) is 0. The maximum atomic E-state index is 12.4. The summed E-state index contributed by atoms with van der Waals surface area (Å²) >= 11 is 0. The van der Waals surface area contributed by atoms with Crippen molar-refractivity contribution in [3.8, 4) is 22.6 Å². The van der Waals surface area contributed by atoms with Crippen LogP contribution in [-0.2, 0) is 6.42 Å². The highest BCUT2D eigenvalue weighted by atomic mass is 16.7. The molecule has 0 amide bonds. The van der Waals surface area contributed by atoms with Crippen LogP contribution in [0.4, 0.5) is 4.79 Å². The number of carbonyl (C=O) groups excluding carboxylic acids is 1. The van der Waals surface area contributed by atoms with E-state index in [-0.39, 0.29) is 0 Å². The van der Waals surface area contributed by atoms with Gasteiger partial charge in [0.25, 0.3) is 0 Å². The Morgan fingerprint density at radius 2 is 1.37 bits per heavy atom. The molecular weight excluding hydrogens is 336 g/mol. The second kappa shape index (κ2) is 9.58. The van der Waals surface area contributed by atoms with E-state index in [1.165, 1.54) is 0 Å². The van der Waals surface area contributed by atoms with E-state index < -0.39 is 6.16 Å². The molecule has 3 aromatic rings. The Bertz CT molecular complexity index is 872. The van der Waals surface area contributed by atoms with Gasteiger partial charge in [-0.05, 0) is 36.1 Å². The summed E-state index contributed by atoms with van der Waals surface area (Å²) < 4.78 is 11.0. The Balaban J connectivity index is 1.73. The van der Waals surface area contributed by atoms with Gasteiger partial charge in [0.05, 0.1) is 0 Å². The number of para-hydroxylation sites is 2. The van der Waals surface area contributed by atoms with Crippen molar-refractivity contribution in [2.24, 2.45) is 0 Å². The smallest absolute Gasteiger partial charge is 0.394 e. The zero-order chi connectivity index (χ0) is 18.9. The summed E-state index contributed by atoms with van der Waals surface area (Å²) in [4.78, 5) is 12.4. The van der Waals surface area contributed by atoms with Crippen molar-refractivity contribution in [3.63, 3.8) is 0 Å². The first-order chi connectivity index (χ1) is 13.3. The second-order valence-corrected chi connectivity index (χ2v) is 6.38. The molecule has 138 valence electrons. The lowest BCUT2D eigenvalue weighted by Crippen LogP contribution is -2.15. The number of hydrogen-bond acceptors (Lipinski definition) is 3. The number of rotatable bonds is 7. The highest BCUT2D eigenvalue weighted by Gasteiger charge is 2.14. The summed E-state index contributed by atoms with van der Waals surface area (Å²) in [5.74, 6) is 1.05. The van der Waals surface area contributed by atoms with Crippen molar-refractivity contribution in [2.75, 3.05) is 0 Å². The summed E-state index contributed by atoms with van der Waals surface area (Å²) in [5.41, 5.74) is 2.87. The summed E-state index contributed by atoms with van der Waals surface area (Å²) in [6.45, 7) is 2.17. The fourth-order valence-electron chi connectivity index (χ4n) is 2.99. The lowest BCUT2D eigenvalue weighted by molar-refractivity contribution is 0.151. The largest absolute Gasteiger partial charge is 0.519 e.